The maximum absolute atomic E-state index is 14.5. The van der Waals surface area contributed by atoms with Crippen molar-refractivity contribution >= 4 is 11.6 Å². The summed E-state index contributed by atoms with van der Waals surface area (Å²) >= 11 is 0. The highest BCUT2D eigenvalue weighted by Crippen LogP contribution is 2.43. The number of alkyl halides is 2. The van der Waals surface area contributed by atoms with Gasteiger partial charge in [-0.3, -0.25) is 9.78 Å². The average Bonchev–Trinajstić information content (AvgIpc) is 2.83. The second-order valence-electron chi connectivity index (χ2n) is 9.51. The molecule has 6 nitrogen and oxygen atoms in total. The Morgan fingerprint density at radius 1 is 1.14 bits per heavy atom. The first-order valence-corrected chi connectivity index (χ1v) is 11.6. The van der Waals surface area contributed by atoms with E-state index < -0.39 is 58.2 Å². The Morgan fingerprint density at radius 3 is 2.43 bits per heavy atom. The summed E-state index contributed by atoms with van der Waals surface area (Å²) < 4.78 is 69.2. The minimum atomic E-state index is -3.13. The Bertz CT molecular complexity index is 1300. The first-order valence-electron chi connectivity index (χ1n) is 11.6. The molecule has 0 unspecified atom stereocenters. The molecule has 0 saturated heterocycles. The Balaban J connectivity index is 1.64. The van der Waals surface area contributed by atoms with Gasteiger partial charge in [0.15, 0.2) is 0 Å². The summed E-state index contributed by atoms with van der Waals surface area (Å²) in [4.78, 5) is 20.8. The fourth-order valence-corrected chi connectivity index (χ4v) is 4.67. The average molecular weight is 521 g/mol. The number of pyridine rings is 2. The summed E-state index contributed by atoms with van der Waals surface area (Å²) in [5.41, 5.74) is 3.17. The Kier molecular flexibility index (Phi) is 7.29. The fourth-order valence-electron chi connectivity index (χ4n) is 4.67. The first kappa shape index (κ1) is 26.6. The number of benzene rings is 1. The molecule has 4 rings (SSSR count). The molecule has 4 N–H and O–H groups in total. The molecule has 1 aliphatic carbocycles. The van der Waals surface area contributed by atoms with Crippen molar-refractivity contribution in [2.24, 2.45) is 11.7 Å². The summed E-state index contributed by atoms with van der Waals surface area (Å²) in [7, 11) is 0. The highest BCUT2D eigenvalue weighted by molar-refractivity contribution is 6.03. The van der Waals surface area contributed by atoms with E-state index in [-0.39, 0.29) is 17.5 Å². The van der Waals surface area contributed by atoms with Gasteiger partial charge in [-0.2, -0.15) is 0 Å². The van der Waals surface area contributed by atoms with Crippen LogP contribution in [0.5, 0.6) is 0 Å². The fraction of sp³-hybridized carbons (Fsp3) is 0.346. The first-order chi connectivity index (χ1) is 17.4. The molecule has 196 valence electrons. The van der Waals surface area contributed by atoms with Gasteiger partial charge in [0.05, 0.1) is 23.0 Å². The van der Waals surface area contributed by atoms with Crippen LogP contribution in [0.15, 0.2) is 42.7 Å². The predicted molar refractivity (Wildman–Crippen MR) is 126 cm³/mol. The second-order valence-corrected chi connectivity index (χ2v) is 9.51. The molecule has 2 aromatic heterocycles. The number of aromatic nitrogens is 2. The summed E-state index contributed by atoms with van der Waals surface area (Å²) in [6.45, 7) is 3.58. The van der Waals surface area contributed by atoms with E-state index in [2.05, 4.69) is 15.3 Å². The molecule has 0 aliphatic heterocycles. The lowest BCUT2D eigenvalue weighted by molar-refractivity contribution is -0.0463. The number of carbonyl (C=O) groups is 1. The number of carbonyl (C=O) groups excluding carboxylic acids is 1. The molecule has 11 heteroatoms. The summed E-state index contributed by atoms with van der Waals surface area (Å²) in [6, 6.07) is 3.85. The van der Waals surface area contributed by atoms with Crippen molar-refractivity contribution in [2.45, 2.75) is 50.7 Å². The third kappa shape index (κ3) is 5.19. The Hall–Kier alpha value is -3.44. The molecule has 4 atom stereocenters. The van der Waals surface area contributed by atoms with E-state index in [9.17, 15) is 31.9 Å². The standard InChI is InChI=1S/C26H25F5N4O2/c1-12-7-13(10-21(32)26(12,2)37)15-5-6-33-11-20(15)35-25(36)19-4-3-16(27)23(34-19)22-17(28)8-14(24(30)31)9-18(22)29/h3-6,8-9,11-13,21,24,37H,7,10,32H2,1-2H3,(H,35,36)/t12-,13+,21+,26+/m0/s1. The maximum Gasteiger partial charge on any atom is 0.274 e. The number of rotatable bonds is 5. The molecule has 0 bridgehead atoms. The van der Waals surface area contributed by atoms with Crippen LogP contribution in [0.3, 0.4) is 0 Å². The van der Waals surface area contributed by atoms with Gasteiger partial charge in [-0.15, -0.1) is 0 Å². The summed E-state index contributed by atoms with van der Waals surface area (Å²) in [5, 5.41) is 13.3. The van der Waals surface area contributed by atoms with E-state index in [1.54, 1.807) is 19.2 Å². The monoisotopic (exact) mass is 520 g/mol. The molecule has 1 amide bonds. The van der Waals surface area contributed by atoms with Crippen LogP contribution in [0.2, 0.25) is 0 Å². The van der Waals surface area contributed by atoms with Gasteiger partial charge in [0.25, 0.3) is 12.3 Å². The van der Waals surface area contributed by atoms with Crippen LogP contribution < -0.4 is 11.1 Å². The second kappa shape index (κ2) is 10.1. The molecule has 0 spiro atoms. The lowest BCUT2D eigenvalue weighted by Gasteiger charge is -2.44. The van der Waals surface area contributed by atoms with Crippen molar-refractivity contribution < 1.29 is 31.9 Å². The molecule has 1 aromatic carbocycles. The van der Waals surface area contributed by atoms with E-state index in [0.717, 1.165) is 17.7 Å². The van der Waals surface area contributed by atoms with Gasteiger partial charge in [-0.25, -0.2) is 26.9 Å². The Morgan fingerprint density at radius 2 is 1.81 bits per heavy atom. The molecule has 1 fully saturated rings. The van der Waals surface area contributed by atoms with E-state index in [0.29, 0.717) is 30.7 Å². The van der Waals surface area contributed by atoms with Crippen LogP contribution in [-0.4, -0.2) is 32.6 Å². The van der Waals surface area contributed by atoms with Gasteiger partial charge >= 0.3 is 0 Å². The van der Waals surface area contributed by atoms with Crippen LogP contribution in [0.1, 0.15) is 60.6 Å². The number of nitrogens with zero attached hydrogens (tertiary/aromatic N) is 2. The zero-order valence-corrected chi connectivity index (χ0v) is 20.0. The molecular formula is C26H25F5N4O2. The Labute approximate surface area is 209 Å². The van der Waals surface area contributed by atoms with Crippen LogP contribution >= 0.6 is 0 Å². The smallest absolute Gasteiger partial charge is 0.274 e. The van der Waals surface area contributed by atoms with Crippen LogP contribution in [0, 0.1) is 23.4 Å². The number of anilines is 1. The van der Waals surface area contributed by atoms with Crippen LogP contribution in [-0.2, 0) is 0 Å². The number of hydrogen-bond acceptors (Lipinski definition) is 5. The largest absolute Gasteiger partial charge is 0.388 e. The van der Waals surface area contributed by atoms with Gasteiger partial charge < -0.3 is 16.2 Å². The molecule has 37 heavy (non-hydrogen) atoms. The van der Waals surface area contributed by atoms with Crippen molar-refractivity contribution in [2.75, 3.05) is 5.32 Å². The summed E-state index contributed by atoms with van der Waals surface area (Å²) in [5.74, 6) is -5.05. The van der Waals surface area contributed by atoms with Crippen LogP contribution in [0.4, 0.5) is 27.6 Å². The SMILES string of the molecule is C[C@H]1C[C@@H](c2ccncc2NC(=O)c2ccc(F)c(-c3c(F)cc(C(F)F)cc3F)n2)C[C@@H](N)[C@]1(C)O. The van der Waals surface area contributed by atoms with Crippen molar-refractivity contribution in [1.82, 2.24) is 9.97 Å². The number of hydrogen-bond donors (Lipinski definition) is 3. The van der Waals surface area contributed by atoms with Gasteiger partial charge in [0.2, 0.25) is 0 Å². The van der Waals surface area contributed by atoms with E-state index in [4.69, 9.17) is 5.73 Å². The minimum Gasteiger partial charge on any atom is -0.388 e. The van der Waals surface area contributed by atoms with E-state index >= 15 is 0 Å². The number of nitrogens with two attached hydrogens (primary N) is 1. The molecule has 1 aliphatic rings. The molecule has 0 radical (unpaired) electrons. The predicted octanol–water partition coefficient (Wildman–Crippen LogP) is 5.34. The zero-order valence-electron chi connectivity index (χ0n) is 20.0. The number of aliphatic hydroxyl groups is 1. The third-order valence-electron chi connectivity index (χ3n) is 7.10. The van der Waals surface area contributed by atoms with Crippen LogP contribution in [0.25, 0.3) is 11.3 Å². The highest BCUT2D eigenvalue weighted by Gasteiger charge is 2.42. The third-order valence-corrected chi connectivity index (χ3v) is 7.10. The number of amides is 1. The quantitative estimate of drug-likeness (QED) is 0.394. The topological polar surface area (TPSA) is 101 Å². The van der Waals surface area contributed by atoms with Gasteiger partial charge in [-0.1, -0.05) is 6.92 Å². The lowest BCUT2D eigenvalue weighted by Crippen LogP contribution is -2.54. The molecular weight excluding hydrogens is 495 g/mol. The van der Waals surface area contributed by atoms with Gasteiger partial charge in [0.1, 0.15) is 28.8 Å². The van der Waals surface area contributed by atoms with Crippen molar-refractivity contribution in [3.05, 3.63) is 77.0 Å². The molecule has 2 heterocycles. The van der Waals surface area contributed by atoms with E-state index in [1.165, 1.54) is 6.20 Å². The van der Waals surface area contributed by atoms with E-state index in [1.807, 2.05) is 6.92 Å². The normalized spacial score (nSPS) is 23.8. The number of nitrogens with one attached hydrogen (secondary N) is 1. The van der Waals surface area contributed by atoms with Gasteiger partial charge in [-0.05, 0) is 67.5 Å². The zero-order chi connectivity index (χ0) is 27.1. The number of halogens is 5. The molecule has 1 saturated carbocycles. The lowest BCUT2D eigenvalue weighted by atomic mass is 9.68. The van der Waals surface area contributed by atoms with Gasteiger partial charge in [0, 0.05) is 17.8 Å². The highest BCUT2D eigenvalue weighted by atomic mass is 19.3. The molecule has 3 aromatic rings. The van der Waals surface area contributed by atoms with Crippen molar-refractivity contribution in [3.63, 3.8) is 0 Å². The minimum absolute atomic E-state index is 0.100. The maximum atomic E-state index is 14.5. The summed E-state index contributed by atoms with van der Waals surface area (Å²) in [6.07, 6.45) is 0.894. The van der Waals surface area contributed by atoms with Crippen molar-refractivity contribution in [1.29, 1.82) is 0 Å². The van der Waals surface area contributed by atoms with Crippen molar-refractivity contribution in [3.8, 4) is 11.3 Å².